The molecule has 3 aromatic rings. The summed E-state index contributed by atoms with van der Waals surface area (Å²) in [6, 6.07) is 9.72. The third-order valence-electron chi connectivity index (χ3n) is 3.85. The first kappa shape index (κ1) is 13.9. The van der Waals surface area contributed by atoms with Gasteiger partial charge in [0, 0.05) is 12.1 Å². The predicted octanol–water partition coefficient (Wildman–Crippen LogP) is 2.84. The molecule has 2 heterocycles. The Balaban J connectivity index is 1.61. The van der Waals surface area contributed by atoms with Crippen LogP contribution in [0.2, 0.25) is 0 Å². The molecule has 0 spiro atoms. The summed E-state index contributed by atoms with van der Waals surface area (Å²) in [7, 11) is 0. The van der Waals surface area contributed by atoms with Gasteiger partial charge in [0.05, 0.1) is 11.8 Å². The van der Waals surface area contributed by atoms with E-state index in [9.17, 15) is 9.18 Å². The predicted molar refractivity (Wildman–Crippen MR) is 82.8 cm³/mol. The van der Waals surface area contributed by atoms with Crippen LogP contribution in [-0.4, -0.2) is 14.5 Å². The third-order valence-corrected chi connectivity index (χ3v) is 3.85. The van der Waals surface area contributed by atoms with Crippen molar-refractivity contribution < 1.29 is 9.13 Å². The van der Waals surface area contributed by atoms with E-state index in [-0.39, 0.29) is 24.0 Å². The highest BCUT2D eigenvalue weighted by molar-refractivity contribution is 5.73. The molecule has 1 aliphatic rings. The van der Waals surface area contributed by atoms with E-state index in [1.807, 2.05) is 0 Å². The SMILES string of the molecule is O=c1c2nc(OCc3ccc(F)cc3)ccc2ncn1C1CC1. The molecule has 1 aromatic carbocycles. The number of nitrogens with zero attached hydrogens (tertiary/aromatic N) is 3. The molecule has 0 saturated heterocycles. The minimum atomic E-state index is -0.288. The molecule has 2 aromatic heterocycles. The molecule has 0 amide bonds. The second kappa shape index (κ2) is 5.46. The van der Waals surface area contributed by atoms with Crippen molar-refractivity contribution in [2.75, 3.05) is 0 Å². The summed E-state index contributed by atoms with van der Waals surface area (Å²) in [4.78, 5) is 21.0. The van der Waals surface area contributed by atoms with E-state index >= 15 is 0 Å². The van der Waals surface area contributed by atoms with Crippen molar-refractivity contribution in [3.05, 3.63) is 64.5 Å². The summed E-state index contributed by atoms with van der Waals surface area (Å²) in [5.74, 6) is 0.0681. The molecule has 0 bridgehead atoms. The van der Waals surface area contributed by atoms with Gasteiger partial charge in [0.25, 0.3) is 5.56 Å². The summed E-state index contributed by atoms with van der Waals surface area (Å²) in [6.07, 6.45) is 3.60. The number of benzene rings is 1. The van der Waals surface area contributed by atoms with Crippen LogP contribution in [0, 0.1) is 5.82 Å². The molecule has 0 unspecified atom stereocenters. The molecule has 0 atom stereocenters. The number of rotatable bonds is 4. The maximum absolute atomic E-state index is 12.9. The fourth-order valence-electron chi connectivity index (χ4n) is 2.43. The van der Waals surface area contributed by atoms with Crippen molar-refractivity contribution >= 4 is 11.0 Å². The number of halogens is 1. The lowest BCUT2D eigenvalue weighted by Crippen LogP contribution is -2.20. The maximum atomic E-state index is 12.9. The van der Waals surface area contributed by atoms with E-state index in [1.165, 1.54) is 12.1 Å². The molecular formula is C17H14FN3O2. The lowest BCUT2D eigenvalue weighted by molar-refractivity contribution is 0.295. The number of hydrogen-bond donors (Lipinski definition) is 0. The molecule has 23 heavy (non-hydrogen) atoms. The highest BCUT2D eigenvalue weighted by Crippen LogP contribution is 2.33. The van der Waals surface area contributed by atoms with Crippen molar-refractivity contribution in [2.45, 2.75) is 25.5 Å². The van der Waals surface area contributed by atoms with Gasteiger partial charge in [-0.1, -0.05) is 12.1 Å². The Bertz CT molecular complexity index is 917. The average molecular weight is 311 g/mol. The normalized spacial score (nSPS) is 14.1. The lowest BCUT2D eigenvalue weighted by Gasteiger charge is -2.07. The Morgan fingerprint density at radius 3 is 2.70 bits per heavy atom. The van der Waals surface area contributed by atoms with Crippen molar-refractivity contribution in [2.24, 2.45) is 0 Å². The van der Waals surface area contributed by atoms with Crippen LogP contribution in [0.3, 0.4) is 0 Å². The van der Waals surface area contributed by atoms with Gasteiger partial charge in [-0.25, -0.2) is 14.4 Å². The number of hydrogen-bond acceptors (Lipinski definition) is 4. The molecule has 6 heteroatoms. The van der Waals surface area contributed by atoms with Crippen molar-refractivity contribution in [3.63, 3.8) is 0 Å². The Morgan fingerprint density at radius 1 is 1.17 bits per heavy atom. The van der Waals surface area contributed by atoms with Crippen LogP contribution in [-0.2, 0) is 6.61 Å². The molecule has 4 rings (SSSR count). The average Bonchev–Trinajstić information content (AvgIpc) is 3.40. The number of pyridine rings is 1. The van der Waals surface area contributed by atoms with Crippen LogP contribution in [0.25, 0.3) is 11.0 Å². The fourth-order valence-corrected chi connectivity index (χ4v) is 2.43. The highest BCUT2D eigenvalue weighted by Gasteiger charge is 2.25. The van der Waals surface area contributed by atoms with Gasteiger partial charge in [0.2, 0.25) is 5.88 Å². The zero-order chi connectivity index (χ0) is 15.8. The molecule has 1 saturated carbocycles. The minimum absolute atomic E-state index is 0.135. The van der Waals surface area contributed by atoms with E-state index in [2.05, 4.69) is 9.97 Å². The summed E-state index contributed by atoms with van der Waals surface area (Å²) in [5, 5.41) is 0. The lowest BCUT2D eigenvalue weighted by atomic mass is 10.2. The van der Waals surface area contributed by atoms with Gasteiger partial charge in [-0.15, -0.1) is 0 Å². The van der Waals surface area contributed by atoms with Crippen molar-refractivity contribution in [1.29, 1.82) is 0 Å². The van der Waals surface area contributed by atoms with E-state index in [1.54, 1.807) is 35.2 Å². The molecule has 0 radical (unpaired) electrons. The minimum Gasteiger partial charge on any atom is -0.473 e. The zero-order valence-corrected chi connectivity index (χ0v) is 12.3. The highest BCUT2D eigenvalue weighted by atomic mass is 19.1. The van der Waals surface area contributed by atoms with Gasteiger partial charge >= 0.3 is 0 Å². The first-order valence-corrected chi connectivity index (χ1v) is 7.46. The molecule has 5 nitrogen and oxygen atoms in total. The maximum Gasteiger partial charge on any atom is 0.280 e. The van der Waals surface area contributed by atoms with E-state index < -0.39 is 0 Å². The second-order valence-electron chi connectivity index (χ2n) is 5.62. The number of fused-ring (bicyclic) bond motifs is 1. The van der Waals surface area contributed by atoms with Crippen LogP contribution in [0.1, 0.15) is 24.4 Å². The molecule has 0 N–H and O–H groups in total. The molecule has 0 aliphatic heterocycles. The van der Waals surface area contributed by atoms with E-state index in [0.717, 1.165) is 18.4 Å². The fraction of sp³-hybridized carbons (Fsp3) is 0.235. The van der Waals surface area contributed by atoms with Gasteiger partial charge < -0.3 is 4.74 Å². The standard InChI is InChI=1S/C17H14FN3O2/c18-12-3-1-11(2-4-12)9-23-15-8-7-14-16(20-15)17(22)21(10-19-14)13-5-6-13/h1-4,7-8,10,13H,5-6,9H2. The summed E-state index contributed by atoms with van der Waals surface area (Å²) < 4.78 is 20.1. The largest absolute Gasteiger partial charge is 0.473 e. The zero-order valence-electron chi connectivity index (χ0n) is 12.3. The van der Waals surface area contributed by atoms with Crippen LogP contribution >= 0.6 is 0 Å². The molecular weight excluding hydrogens is 297 g/mol. The molecule has 1 aliphatic carbocycles. The first-order valence-electron chi connectivity index (χ1n) is 7.46. The van der Waals surface area contributed by atoms with Crippen LogP contribution in [0.15, 0.2) is 47.5 Å². The quantitative estimate of drug-likeness (QED) is 0.743. The van der Waals surface area contributed by atoms with Crippen LogP contribution in [0.5, 0.6) is 5.88 Å². The van der Waals surface area contributed by atoms with Crippen molar-refractivity contribution in [3.8, 4) is 5.88 Å². The second-order valence-corrected chi connectivity index (χ2v) is 5.62. The van der Waals surface area contributed by atoms with Gasteiger partial charge in [-0.05, 0) is 36.6 Å². The smallest absolute Gasteiger partial charge is 0.280 e. The molecule has 116 valence electrons. The topological polar surface area (TPSA) is 57.0 Å². The van der Waals surface area contributed by atoms with Gasteiger partial charge in [0.1, 0.15) is 12.4 Å². The third kappa shape index (κ3) is 2.79. The Kier molecular flexibility index (Phi) is 3.29. The van der Waals surface area contributed by atoms with Gasteiger partial charge in [0.15, 0.2) is 5.52 Å². The summed E-state index contributed by atoms with van der Waals surface area (Å²) >= 11 is 0. The number of aromatic nitrogens is 3. The molecule has 1 fully saturated rings. The van der Waals surface area contributed by atoms with Crippen molar-refractivity contribution in [1.82, 2.24) is 14.5 Å². The number of ether oxygens (including phenoxy) is 1. The van der Waals surface area contributed by atoms with Crippen LogP contribution in [0.4, 0.5) is 4.39 Å². The summed E-state index contributed by atoms with van der Waals surface area (Å²) in [5.41, 5.74) is 1.57. The van der Waals surface area contributed by atoms with Crippen LogP contribution < -0.4 is 10.3 Å². The van der Waals surface area contributed by atoms with Gasteiger partial charge in [-0.3, -0.25) is 9.36 Å². The van der Waals surface area contributed by atoms with E-state index in [0.29, 0.717) is 16.9 Å². The Hall–Kier alpha value is -2.76. The first-order chi connectivity index (χ1) is 11.2. The van der Waals surface area contributed by atoms with Gasteiger partial charge in [-0.2, -0.15) is 0 Å². The van der Waals surface area contributed by atoms with E-state index in [4.69, 9.17) is 4.74 Å². The summed E-state index contributed by atoms with van der Waals surface area (Å²) in [6.45, 7) is 0.260. The Labute approximate surface area is 131 Å². The monoisotopic (exact) mass is 311 g/mol. The Morgan fingerprint density at radius 2 is 1.96 bits per heavy atom.